The van der Waals surface area contributed by atoms with Crippen molar-refractivity contribution in [3.63, 3.8) is 0 Å². The van der Waals surface area contributed by atoms with E-state index in [1.807, 2.05) is 12.4 Å². The summed E-state index contributed by atoms with van der Waals surface area (Å²) in [5.41, 5.74) is 1.97. The van der Waals surface area contributed by atoms with E-state index >= 15 is 0 Å². The molecule has 0 amide bonds. The van der Waals surface area contributed by atoms with Crippen molar-refractivity contribution in [1.29, 1.82) is 0 Å². The van der Waals surface area contributed by atoms with E-state index in [0.717, 1.165) is 29.2 Å². The highest BCUT2D eigenvalue weighted by Crippen LogP contribution is 2.19. The van der Waals surface area contributed by atoms with Crippen LogP contribution in [-0.2, 0) is 19.3 Å². The molecule has 0 aliphatic rings. The molecule has 34 heavy (non-hydrogen) atoms. The maximum Gasteiger partial charge on any atom is 0.142 e. The first-order chi connectivity index (χ1) is 16.5. The third-order valence-electron chi connectivity index (χ3n) is 5.70. The molecule has 0 fully saturated rings. The maximum absolute atomic E-state index is 14.6. The molecule has 0 N–H and O–H groups in total. The number of unbranched alkanes of at least 4 members (excludes halogenated alkanes) is 2. The normalized spacial score (nSPS) is 10.8. The van der Waals surface area contributed by atoms with Gasteiger partial charge in [-0.05, 0) is 77.6 Å². The van der Waals surface area contributed by atoms with E-state index in [4.69, 9.17) is 0 Å². The predicted octanol–water partition coefficient (Wildman–Crippen LogP) is 6.96. The lowest BCUT2D eigenvalue weighted by molar-refractivity contribution is 0.573. The minimum absolute atomic E-state index is 0.268. The van der Waals surface area contributed by atoms with Gasteiger partial charge in [-0.25, -0.2) is 23.1 Å². The van der Waals surface area contributed by atoms with Gasteiger partial charge in [-0.15, -0.1) is 0 Å². The average Bonchev–Trinajstić information content (AvgIpc) is 2.83. The first-order valence-corrected chi connectivity index (χ1v) is 11.5. The Bertz CT molecular complexity index is 1330. The van der Waals surface area contributed by atoms with Crippen molar-refractivity contribution in [1.82, 2.24) is 9.97 Å². The van der Waals surface area contributed by atoms with E-state index in [1.54, 1.807) is 24.3 Å². The Hall–Kier alpha value is -3.65. The maximum atomic E-state index is 14.6. The molecule has 0 atom stereocenters. The fourth-order valence-electron chi connectivity index (χ4n) is 3.79. The molecule has 172 valence electrons. The van der Waals surface area contributed by atoms with Gasteiger partial charge in [0.2, 0.25) is 0 Å². The van der Waals surface area contributed by atoms with Crippen molar-refractivity contribution in [2.24, 2.45) is 0 Å². The molecule has 3 aromatic carbocycles. The largest absolute Gasteiger partial charge is 0.241 e. The van der Waals surface area contributed by atoms with Gasteiger partial charge < -0.3 is 0 Å². The Kier molecular flexibility index (Phi) is 7.59. The summed E-state index contributed by atoms with van der Waals surface area (Å²) in [4.78, 5) is 8.77. The quantitative estimate of drug-likeness (QED) is 0.221. The van der Waals surface area contributed by atoms with Crippen LogP contribution < -0.4 is 0 Å². The molecule has 4 rings (SSSR count). The number of hydrogen-bond acceptors (Lipinski definition) is 2. The molecule has 0 spiro atoms. The van der Waals surface area contributed by atoms with Gasteiger partial charge in [-0.3, -0.25) is 0 Å². The molecule has 0 radical (unpaired) electrons. The number of rotatable bonds is 7. The molecule has 0 aliphatic carbocycles. The van der Waals surface area contributed by atoms with Gasteiger partial charge in [-0.2, -0.15) is 0 Å². The van der Waals surface area contributed by atoms with Crippen molar-refractivity contribution in [3.8, 4) is 11.8 Å². The van der Waals surface area contributed by atoms with Crippen LogP contribution in [0.3, 0.4) is 0 Å². The van der Waals surface area contributed by atoms with Gasteiger partial charge >= 0.3 is 0 Å². The fourth-order valence-corrected chi connectivity index (χ4v) is 3.79. The number of nitrogens with zero attached hydrogens (tertiary/aromatic N) is 2. The van der Waals surface area contributed by atoms with Crippen LogP contribution in [0, 0.1) is 29.3 Å². The second kappa shape index (κ2) is 11.0. The second-order valence-corrected chi connectivity index (χ2v) is 8.36. The number of halogens is 3. The topological polar surface area (TPSA) is 25.8 Å². The van der Waals surface area contributed by atoms with Gasteiger partial charge in [-0.1, -0.05) is 43.7 Å². The zero-order valence-electron chi connectivity index (χ0n) is 19.0. The number of aryl methyl sites for hydroxylation is 3. The third-order valence-corrected chi connectivity index (χ3v) is 5.70. The SMILES string of the molecule is CCCCCc1cnc(CCc2cc(F)c(C#Cc3ccc4cc(F)ccc4c3)c(F)c2)nc1. The summed E-state index contributed by atoms with van der Waals surface area (Å²) in [7, 11) is 0. The third kappa shape index (κ3) is 6.02. The zero-order valence-corrected chi connectivity index (χ0v) is 19.0. The Balaban J connectivity index is 1.43. The Labute approximate surface area is 197 Å². The van der Waals surface area contributed by atoms with Crippen LogP contribution >= 0.6 is 0 Å². The molecular formula is C29H25F3N2. The molecule has 1 aromatic heterocycles. The number of benzene rings is 3. The molecular weight excluding hydrogens is 433 g/mol. The van der Waals surface area contributed by atoms with Crippen LogP contribution in [0.1, 0.15) is 54.3 Å². The van der Waals surface area contributed by atoms with Crippen molar-refractivity contribution in [2.45, 2.75) is 45.4 Å². The summed E-state index contributed by atoms with van der Waals surface area (Å²) in [6, 6.07) is 12.3. The number of fused-ring (bicyclic) bond motifs is 1. The zero-order chi connectivity index (χ0) is 23.9. The highest BCUT2D eigenvalue weighted by Gasteiger charge is 2.10. The fraction of sp³-hybridized carbons (Fsp3) is 0.241. The van der Waals surface area contributed by atoms with Gasteiger partial charge in [0.25, 0.3) is 0 Å². The smallest absolute Gasteiger partial charge is 0.142 e. The van der Waals surface area contributed by atoms with Crippen LogP contribution in [0.25, 0.3) is 10.8 Å². The minimum Gasteiger partial charge on any atom is -0.241 e. The van der Waals surface area contributed by atoms with E-state index in [-0.39, 0.29) is 11.4 Å². The van der Waals surface area contributed by atoms with Gasteiger partial charge in [0.05, 0.1) is 5.56 Å². The van der Waals surface area contributed by atoms with E-state index in [9.17, 15) is 13.2 Å². The van der Waals surface area contributed by atoms with E-state index < -0.39 is 11.6 Å². The lowest BCUT2D eigenvalue weighted by Gasteiger charge is -2.05. The minimum atomic E-state index is -0.697. The first kappa shape index (κ1) is 23.5. The van der Waals surface area contributed by atoms with Crippen molar-refractivity contribution < 1.29 is 13.2 Å². The lowest BCUT2D eigenvalue weighted by Crippen LogP contribution is -2.01. The summed E-state index contributed by atoms with van der Waals surface area (Å²) >= 11 is 0. The second-order valence-electron chi connectivity index (χ2n) is 8.36. The molecule has 0 unspecified atom stereocenters. The first-order valence-electron chi connectivity index (χ1n) is 11.5. The van der Waals surface area contributed by atoms with E-state index in [1.165, 1.54) is 37.1 Å². The van der Waals surface area contributed by atoms with Crippen LogP contribution in [0.2, 0.25) is 0 Å². The monoisotopic (exact) mass is 458 g/mol. The summed E-state index contributed by atoms with van der Waals surface area (Å²) in [5, 5.41) is 1.54. The summed E-state index contributed by atoms with van der Waals surface area (Å²) < 4.78 is 42.6. The highest BCUT2D eigenvalue weighted by atomic mass is 19.1. The Morgan fingerprint density at radius 3 is 2.15 bits per heavy atom. The molecule has 0 saturated carbocycles. The summed E-state index contributed by atoms with van der Waals surface area (Å²) in [6.07, 6.45) is 9.03. The number of aromatic nitrogens is 2. The van der Waals surface area contributed by atoms with Gasteiger partial charge in [0.15, 0.2) is 0 Å². The van der Waals surface area contributed by atoms with Gasteiger partial charge in [0.1, 0.15) is 23.3 Å². The molecule has 0 saturated heterocycles. The average molecular weight is 459 g/mol. The van der Waals surface area contributed by atoms with Gasteiger partial charge in [0, 0.05) is 24.4 Å². The lowest BCUT2D eigenvalue weighted by atomic mass is 10.0. The van der Waals surface area contributed by atoms with Crippen molar-refractivity contribution in [3.05, 3.63) is 106 Å². The Morgan fingerprint density at radius 2 is 1.41 bits per heavy atom. The molecule has 0 bridgehead atoms. The number of hydrogen-bond donors (Lipinski definition) is 0. The van der Waals surface area contributed by atoms with Crippen molar-refractivity contribution >= 4 is 10.8 Å². The molecule has 5 heteroatoms. The van der Waals surface area contributed by atoms with Crippen LogP contribution in [-0.4, -0.2) is 9.97 Å². The highest BCUT2D eigenvalue weighted by molar-refractivity contribution is 5.84. The summed E-state index contributed by atoms with van der Waals surface area (Å²) in [5.74, 6) is 4.35. The van der Waals surface area contributed by atoms with Crippen LogP contribution in [0.5, 0.6) is 0 Å². The summed E-state index contributed by atoms with van der Waals surface area (Å²) in [6.45, 7) is 2.17. The molecule has 0 aliphatic heterocycles. The van der Waals surface area contributed by atoms with Crippen molar-refractivity contribution in [2.75, 3.05) is 0 Å². The van der Waals surface area contributed by atoms with Crippen LogP contribution in [0.15, 0.2) is 60.9 Å². The standard InChI is InChI=1S/C29H25F3N2/c1-2-3-4-5-22-18-33-29(34-19-22)13-8-21-15-27(31)26(28(32)16-21)12-7-20-6-9-24-17-25(30)11-10-23(24)14-20/h6,9-11,14-19H,2-5,8,13H2,1H3. The van der Waals surface area contributed by atoms with E-state index in [0.29, 0.717) is 29.8 Å². The van der Waals surface area contributed by atoms with E-state index in [2.05, 4.69) is 28.7 Å². The van der Waals surface area contributed by atoms with Crippen LogP contribution in [0.4, 0.5) is 13.2 Å². The molecule has 1 heterocycles. The predicted molar refractivity (Wildman–Crippen MR) is 129 cm³/mol. The Morgan fingerprint density at radius 1 is 0.706 bits per heavy atom. The molecule has 4 aromatic rings. The molecule has 2 nitrogen and oxygen atoms in total.